The molecule has 0 aliphatic carbocycles. The lowest BCUT2D eigenvalue weighted by molar-refractivity contribution is 0.669. The van der Waals surface area contributed by atoms with Crippen molar-refractivity contribution in [3.63, 3.8) is 0 Å². The van der Waals surface area contributed by atoms with E-state index in [1.54, 1.807) is 0 Å². The molecule has 0 amide bonds. The molecule has 3 nitrogen and oxygen atoms in total. The lowest BCUT2D eigenvalue weighted by atomic mass is 10.1. The normalized spacial score (nSPS) is 10.5. The molecule has 1 aromatic carbocycles. The van der Waals surface area contributed by atoms with Crippen molar-refractivity contribution in [1.82, 2.24) is 5.32 Å². The van der Waals surface area contributed by atoms with E-state index in [2.05, 4.69) is 56.1 Å². The lowest BCUT2D eigenvalue weighted by Crippen LogP contribution is -2.32. The average molecular weight is 259 g/mol. The monoisotopic (exact) mass is 259 g/mol. The molecular weight excluding hydrogens is 234 g/mol. The van der Waals surface area contributed by atoms with Crippen LogP contribution in [0.3, 0.4) is 0 Å². The Morgan fingerprint density at radius 3 is 2.58 bits per heavy atom. The molecule has 0 bridgehead atoms. The average Bonchev–Trinajstić information content (AvgIpc) is 2.42. The second-order valence-electron chi connectivity index (χ2n) is 5.03. The van der Waals surface area contributed by atoms with Crippen LogP contribution < -0.4 is 10.2 Å². The fraction of sp³-hybridized carbons (Fsp3) is 0.562. The molecular formula is C16H25N3. The fourth-order valence-electron chi connectivity index (χ4n) is 2.20. The van der Waals surface area contributed by atoms with Gasteiger partial charge in [0.1, 0.15) is 6.07 Å². The molecule has 104 valence electrons. The highest BCUT2D eigenvalue weighted by molar-refractivity contribution is 5.61. The molecule has 0 aromatic heterocycles. The van der Waals surface area contributed by atoms with Crippen molar-refractivity contribution in [2.75, 3.05) is 18.0 Å². The van der Waals surface area contributed by atoms with Crippen LogP contribution in [0, 0.1) is 11.3 Å². The largest absolute Gasteiger partial charge is 0.368 e. The third-order valence-corrected chi connectivity index (χ3v) is 3.16. The first-order chi connectivity index (χ1) is 9.13. The molecule has 1 N–H and O–H groups in total. The molecule has 3 heteroatoms. The zero-order valence-electron chi connectivity index (χ0n) is 12.5. The Hall–Kier alpha value is -1.53. The van der Waals surface area contributed by atoms with Crippen LogP contribution in [0.1, 0.15) is 45.2 Å². The standard InChI is InChI=1S/C16H25N3/c1-5-9-19(13(3)4)16-8-7-14(12-18-6-2)10-15(16)11-17/h7-8,10,13,18H,5-6,9,12H2,1-4H3. The van der Waals surface area contributed by atoms with Crippen LogP contribution in [-0.4, -0.2) is 19.1 Å². The summed E-state index contributed by atoms with van der Waals surface area (Å²) in [6.45, 7) is 11.3. The predicted octanol–water partition coefficient (Wildman–Crippen LogP) is 3.29. The number of benzene rings is 1. The Balaban J connectivity index is 3.03. The molecule has 0 saturated heterocycles. The number of anilines is 1. The van der Waals surface area contributed by atoms with E-state index in [1.165, 1.54) is 5.56 Å². The third kappa shape index (κ3) is 4.25. The smallest absolute Gasteiger partial charge is 0.101 e. The van der Waals surface area contributed by atoms with Gasteiger partial charge < -0.3 is 10.2 Å². The minimum Gasteiger partial charge on any atom is -0.368 e. The third-order valence-electron chi connectivity index (χ3n) is 3.16. The lowest BCUT2D eigenvalue weighted by Gasteiger charge is -2.29. The molecule has 0 fully saturated rings. The molecule has 0 heterocycles. The summed E-state index contributed by atoms with van der Waals surface area (Å²) in [5.74, 6) is 0. The van der Waals surface area contributed by atoms with Gasteiger partial charge in [0.15, 0.2) is 0 Å². The van der Waals surface area contributed by atoms with Crippen LogP contribution >= 0.6 is 0 Å². The molecule has 0 saturated carbocycles. The van der Waals surface area contributed by atoms with Gasteiger partial charge in [-0.25, -0.2) is 0 Å². The van der Waals surface area contributed by atoms with Gasteiger partial charge in [-0.1, -0.05) is 19.9 Å². The number of nitrogens with one attached hydrogen (secondary N) is 1. The summed E-state index contributed by atoms with van der Waals surface area (Å²) in [4.78, 5) is 2.30. The maximum absolute atomic E-state index is 9.37. The van der Waals surface area contributed by atoms with Crippen molar-refractivity contribution in [2.24, 2.45) is 0 Å². The van der Waals surface area contributed by atoms with Crippen molar-refractivity contribution in [2.45, 2.75) is 46.7 Å². The molecule has 0 spiro atoms. The number of hydrogen-bond donors (Lipinski definition) is 1. The fourth-order valence-corrected chi connectivity index (χ4v) is 2.20. The van der Waals surface area contributed by atoms with Crippen LogP contribution in [0.15, 0.2) is 18.2 Å². The van der Waals surface area contributed by atoms with Crippen molar-refractivity contribution in [3.8, 4) is 6.07 Å². The van der Waals surface area contributed by atoms with Gasteiger partial charge in [0.05, 0.1) is 11.3 Å². The summed E-state index contributed by atoms with van der Waals surface area (Å²) in [5, 5.41) is 12.7. The summed E-state index contributed by atoms with van der Waals surface area (Å²) < 4.78 is 0. The first-order valence-corrected chi connectivity index (χ1v) is 7.14. The first-order valence-electron chi connectivity index (χ1n) is 7.14. The highest BCUT2D eigenvalue weighted by Crippen LogP contribution is 2.23. The summed E-state index contributed by atoms with van der Waals surface area (Å²) >= 11 is 0. The van der Waals surface area contributed by atoms with E-state index < -0.39 is 0 Å². The molecule has 1 aromatic rings. The Labute approximate surface area is 117 Å². The Morgan fingerprint density at radius 2 is 2.05 bits per heavy atom. The number of hydrogen-bond acceptors (Lipinski definition) is 3. The van der Waals surface area contributed by atoms with E-state index >= 15 is 0 Å². The van der Waals surface area contributed by atoms with Crippen LogP contribution in [0.2, 0.25) is 0 Å². The van der Waals surface area contributed by atoms with Crippen molar-refractivity contribution in [1.29, 1.82) is 5.26 Å². The van der Waals surface area contributed by atoms with E-state index in [0.29, 0.717) is 6.04 Å². The van der Waals surface area contributed by atoms with E-state index in [0.717, 1.165) is 37.3 Å². The van der Waals surface area contributed by atoms with Gasteiger partial charge in [-0.15, -0.1) is 0 Å². The molecule has 0 unspecified atom stereocenters. The molecule has 0 radical (unpaired) electrons. The zero-order valence-corrected chi connectivity index (χ0v) is 12.5. The summed E-state index contributed by atoms with van der Waals surface area (Å²) in [5.41, 5.74) is 3.00. The molecule has 0 aliphatic heterocycles. The Morgan fingerprint density at radius 1 is 1.32 bits per heavy atom. The van der Waals surface area contributed by atoms with Crippen LogP contribution in [0.4, 0.5) is 5.69 Å². The van der Waals surface area contributed by atoms with E-state index in [9.17, 15) is 5.26 Å². The summed E-state index contributed by atoms with van der Waals surface area (Å²) in [6.07, 6.45) is 1.09. The van der Waals surface area contributed by atoms with Gasteiger partial charge in [0.2, 0.25) is 0 Å². The minimum absolute atomic E-state index is 0.409. The maximum atomic E-state index is 9.37. The van der Waals surface area contributed by atoms with Crippen LogP contribution in [-0.2, 0) is 6.54 Å². The number of nitriles is 1. The number of nitrogens with zero attached hydrogens (tertiary/aromatic N) is 2. The zero-order chi connectivity index (χ0) is 14.3. The summed E-state index contributed by atoms with van der Waals surface area (Å²) in [7, 11) is 0. The van der Waals surface area contributed by atoms with Gasteiger partial charge in [-0.3, -0.25) is 0 Å². The molecule has 1 rings (SSSR count). The first kappa shape index (κ1) is 15.5. The Bertz CT molecular complexity index is 432. The van der Waals surface area contributed by atoms with E-state index in [1.807, 2.05) is 6.07 Å². The van der Waals surface area contributed by atoms with E-state index in [-0.39, 0.29) is 0 Å². The quantitative estimate of drug-likeness (QED) is 0.816. The minimum atomic E-state index is 0.409. The van der Waals surface area contributed by atoms with Gasteiger partial charge >= 0.3 is 0 Å². The van der Waals surface area contributed by atoms with Crippen molar-refractivity contribution >= 4 is 5.69 Å². The Kier molecular flexibility index (Phi) is 6.38. The topological polar surface area (TPSA) is 39.1 Å². The van der Waals surface area contributed by atoms with Gasteiger partial charge in [-0.2, -0.15) is 5.26 Å². The van der Waals surface area contributed by atoms with E-state index in [4.69, 9.17) is 0 Å². The van der Waals surface area contributed by atoms with Gasteiger partial charge in [0.25, 0.3) is 0 Å². The summed E-state index contributed by atoms with van der Waals surface area (Å²) in [6, 6.07) is 8.95. The maximum Gasteiger partial charge on any atom is 0.101 e. The van der Waals surface area contributed by atoms with Crippen molar-refractivity contribution < 1.29 is 0 Å². The highest BCUT2D eigenvalue weighted by atomic mass is 15.1. The molecule has 0 aliphatic rings. The SMILES string of the molecule is CCCN(c1ccc(CNCC)cc1C#N)C(C)C. The van der Waals surface area contributed by atoms with Gasteiger partial charge in [-0.05, 0) is 44.5 Å². The molecule has 0 atom stereocenters. The molecule has 19 heavy (non-hydrogen) atoms. The van der Waals surface area contributed by atoms with Crippen LogP contribution in [0.25, 0.3) is 0 Å². The van der Waals surface area contributed by atoms with Crippen LogP contribution in [0.5, 0.6) is 0 Å². The highest BCUT2D eigenvalue weighted by Gasteiger charge is 2.14. The van der Waals surface area contributed by atoms with Gasteiger partial charge in [0, 0.05) is 19.1 Å². The predicted molar refractivity (Wildman–Crippen MR) is 81.3 cm³/mol. The second kappa shape index (κ2) is 7.81. The van der Waals surface area contributed by atoms with Crippen molar-refractivity contribution in [3.05, 3.63) is 29.3 Å². The second-order valence-corrected chi connectivity index (χ2v) is 5.03. The number of rotatable bonds is 7.